The highest BCUT2D eigenvalue weighted by Gasteiger charge is 2.17. The Balaban J connectivity index is 1.50. The number of pyridine rings is 1. The van der Waals surface area contributed by atoms with Crippen LogP contribution in [0.15, 0.2) is 55.2 Å². The summed E-state index contributed by atoms with van der Waals surface area (Å²) in [7, 11) is 0. The van der Waals surface area contributed by atoms with Crippen LogP contribution in [0, 0.1) is 0 Å². The van der Waals surface area contributed by atoms with Gasteiger partial charge in [-0.05, 0) is 30.3 Å². The summed E-state index contributed by atoms with van der Waals surface area (Å²) in [5.41, 5.74) is 3.49. The van der Waals surface area contributed by atoms with Crippen LogP contribution in [0.25, 0.3) is 10.9 Å². The molecule has 1 fully saturated rings. The highest BCUT2D eigenvalue weighted by atomic mass is 15.3. The van der Waals surface area contributed by atoms with Gasteiger partial charge < -0.3 is 9.80 Å². The lowest BCUT2D eigenvalue weighted by atomic mass is 10.2. The molecule has 0 N–H and O–H groups in total. The van der Waals surface area contributed by atoms with E-state index in [0.717, 1.165) is 37.1 Å². The first-order valence-electron chi connectivity index (χ1n) is 7.50. The zero-order valence-electron chi connectivity index (χ0n) is 12.3. The molecule has 4 rings (SSSR count). The van der Waals surface area contributed by atoms with E-state index in [4.69, 9.17) is 0 Å². The molecule has 0 radical (unpaired) electrons. The largest absolute Gasteiger partial charge is 0.368 e. The van der Waals surface area contributed by atoms with E-state index < -0.39 is 0 Å². The van der Waals surface area contributed by atoms with E-state index in [2.05, 4.69) is 55.1 Å². The van der Waals surface area contributed by atoms with Crippen molar-refractivity contribution in [3.05, 3.63) is 55.2 Å². The second kappa shape index (κ2) is 5.60. The third kappa shape index (κ3) is 2.45. The molecule has 1 saturated heterocycles. The van der Waals surface area contributed by atoms with Gasteiger partial charge in [0.2, 0.25) is 0 Å². The van der Waals surface area contributed by atoms with E-state index in [9.17, 15) is 0 Å². The minimum atomic E-state index is 0.995. The fraction of sp³-hybridized carbons (Fsp3) is 0.235. The maximum atomic E-state index is 4.28. The van der Waals surface area contributed by atoms with Crippen LogP contribution in [0.1, 0.15) is 0 Å². The number of hydrogen-bond acceptors (Lipinski definition) is 5. The number of anilines is 2. The van der Waals surface area contributed by atoms with Gasteiger partial charge in [-0.3, -0.25) is 4.98 Å². The lowest BCUT2D eigenvalue weighted by Gasteiger charge is -2.37. The van der Waals surface area contributed by atoms with Crippen LogP contribution < -0.4 is 9.80 Å². The van der Waals surface area contributed by atoms with Crippen LogP contribution in [0.4, 0.5) is 11.4 Å². The predicted octanol–water partition coefficient (Wildman–Crippen LogP) is 2.35. The minimum Gasteiger partial charge on any atom is -0.368 e. The first-order chi connectivity index (χ1) is 10.9. The lowest BCUT2D eigenvalue weighted by Crippen LogP contribution is -2.46. The van der Waals surface area contributed by atoms with Gasteiger partial charge in [-0.15, -0.1) is 0 Å². The SMILES string of the molecule is c1cc(N2CCN(c3ccc4ncncc4c3)CC2)ccn1. The van der Waals surface area contributed by atoms with Gasteiger partial charge >= 0.3 is 0 Å². The Bertz CT molecular complexity index is 766. The number of aromatic nitrogens is 3. The molecule has 1 aromatic carbocycles. The number of rotatable bonds is 2. The maximum absolute atomic E-state index is 4.28. The zero-order chi connectivity index (χ0) is 14.8. The standard InChI is InChI=1S/C17H17N5/c1-2-17-14(12-19-13-20-17)11-16(1)22-9-7-21(8-10-22)15-3-5-18-6-4-15/h1-6,11-13H,7-10H2. The van der Waals surface area contributed by atoms with Gasteiger partial charge in [-0.2, -0.15) is 0 Å². The molecular weight excluding hydrogens is 274 g/mol. The average Bonchev–Trinajstić information content (AvgIpc) is 2.62. The van der Waals surface area contributed by atoms with Crippen molar-refractivity contribution in [3.63, 3.8) is 0 Å². The molecule has 0 atom stereocenters. The fourth-order valence-corrected chi connectivity index (χ4v) is 2.95. The molecular formula is C17H17N5. The van der Waals surface area contributed by atoms with Crippen molar-refractivity contribution in [1.82, 2.24) is 15.0 Å². The summed E-state index contributed by atoms with van der Waals surface area (Å²) in [6, 6.07) is 10.5. The third-order valence-corrected chi connectivity index (χ3v) is 4.16. The first kappa shape index (κ1) is 13.0. The quantitative estimate of drug-likeness (QED) is 0.725. The normalized spacial score (nSPS) is 15.3. The van der Waals surface area contributed by atoms with Gasteiger partial charge in [-0.25, -0.2) is 9.97 Å². The monoisotopic (exact) mass is 291 g/mol. The molecule has 0 spiro atoms. The number of benzene rings is 1. The van der Waals surface area contributed by atoms with Gasteiger partial charge in [0.15, 0.2) is 0 Å². The summed E-state index contributed by atoms with van der Waals surface area (Å²) in [5, 5.41) is 1.09. The second-order valence-corrected chi connectivity index (χ2v) is 5.45. The summed E-state index contributed by atoms with van der Waals surface area (Å²) in [6.07, 6.45) is 7.17. The van der Waals surface area contributed by atoms with Crippen LogP contribution in [-0.4, -0.2) is 41.1 Å². The van der Waals surface area contributed by atoms with E-state index >= 15 is 0 Å². The molecule has 2 aromatic heterocycles. The van der Waals surface area contributed by atoms with E-state index in [-0.39, 0.29) is 0 Å². The molecule has 110 valence electrons. The average molecular weight is 291 g/mol. The number of piperazine rings is 1. The Kier molecular flexibility index (Phi) is 3.31. The summed E-state index contributed by atoms with van der Waals surface area (Å²) in [6.45, 7) is 4.07. The van der Waals surface area contributed by atoms with Crippen molar-refractivity contribution >= 4 is 22.3 Å². The smallest absolute Gasteiger partial charge is 0.116 e. The van der Waals surface area contributed by atoms with E-state index in [1.165, 1.54) is 11.4 Å². The third-order valence-electron chi connectivity index (χ3n) is 4.16. The van der Waals surface area contributed by atoms with Crippen LogP contribution in [-0.2, 0) is 0 Å². The second-order valence-electron chi connectivity index (χ2n) is 5.45. The molecule has 0 saturated carbocycles. The van der Waals surface area contributed by atoms with Crippen molar-refractivity contribution in [2.45, 2.75) is 0 Å². The highest BCUT2D eigenvalue weighted by molar-refractivity contribution is 5.81. The van der Waals surface area contributed by atoms with Gasteiger partial charge in [-0.1, -0.05) is 0 Å². The minimum absolute atomic E-state index is 0.995. The zero-order valence-corrected chi connectivity index (χ0v) is 12.3. The molecule has 0 aliphatic carbocycles. The van der Waals surface area contributed by atoms with E-state index in [0.29, 0.717) is 0 Å². The van der Waals surface area contributed by atoms with Gasteiger partial charge in [0, 0.05) is 61.5 Å². The van der Waals surface area contributed by atoms with Crippen molar-refractivity contribution in [1.29, 1.82) is 0 Å². The Hall–Kier alpha value is -2.69. The Morgan fingerprint density at radius 2 is 1.50 bits per heavy atom. The molecule has 1 aliphatic heterocycles. The molecule has 0 bridgehead atoms. The Labute approximate surface area is 129 Å². The Morgan fingerprint density at radius 3 is 2.27 bits per heavy atom. The van der Waals surface area contributed by atoms with Gasteiger partial charge in [0.25, 0.3) is 0 Å². The van der Waals surface area contributed by atoms with Gasteiger partial charge in [0.1, 0.15) is 6.33 Å². The number of fused-ring (bicyclic) bond motifs is 1. The predicted molar refractivity (Wildman–Crippen MR) is 88.2 cm³/mol. The molecule has 3 aromatic rings. The molecule has 0 unspecified atom stereocenters. The van der Waals surface area contributed by atoms with Crippen LogP contribution >= 0.6 is 0 Å². The molecule has 0 amide bonds. The van der Waals surface area contributed by atoms with Crippen molar-refractivity contribution in [2.75, 3.05) is 36.0 Å². The summed E-state index contributed by atoms with van der Waals surface area (Å²) in [4.78, 5) is 17.3. The summed E-state index contributed by atoms with van der Waals surface area (Å²) in [5.74, 6) is 0. The topological polar surface area (TPSA) is 45.2 Å². The fourth-order valence-electron chi connectivity index (χ4n) is 2.95. The van der Waals surface area contributed by atoms with E-state index in [1.54, 1.807) is 6.33 Å². The van der Waals surface area contributed by atoms with Crippen LogP contribution in [0.3, 0.4) is 0 Å². The van der Waals surface area contributed by atoms with Crippen molar-refractivity contribution in [3.8, 4) is 0 Å². The molecule has 1 aliphatic rings. The summed E-state index contributed by atoms with van der Waals surface area (Å²) < 4.78 is 0. The van der Waals surface area contributed by atoms with Crippen LogP contribution in [0.5, 0.6) is 0 Å². The lowest BCUT2D eigenvalue weighted by molar-refractivity contribution is 0.653. The maximum Gasteiger partial charge on any atom is 0.116 e. The number of nitrogens with zero attached hydrogens (tertiary/aromatic N) is 5. The number of hydrogen-bond donors (Lipinski definition) is 0. The highest BCUT2D eigenvalue weighted by Crippen LogP contribution is 2.23. The van der Waals surface area contributed by atoms with Gasteiger partial charge in [0.05, 0.1) is 5.52 Å². The van der Waals surface area contributed by atoms with Crippen molar-refractivity contribution in [2.24, 2.45) is 0 Å². The molecule has 5 nitrogen and oxygen atoms in total. The Morgan fingerprint density at radius 1 is 0.773 bits per heavy atom. The first-order valence-corrected chi connectivity index (χ1v) is 7.50. The summed E-state index contributed by atoms with van der Waals surface area (Å²) >= 11 is 0. The van der Waals surface area contributed by atoms with Crippen LogP contribution in [0.2, 0.25) is 0 Å². The van der Waals surface area contributed by atoms with Crippen molar-refractivity contribution < 1.29 is 0 Å². The van der Waals surface area contributed by atoms with E-state index in [1.807, 2.05) is 18.6 Å². The molecule has 22 heavy (non-hydrogen) atoms. The molecule has 3 heterocycles. The molecule has 5 heteroatoms.